The van der Waals surface area contributed by atoms with Crippen LogP contribution in [0.5, 0.6) is 0 Å². The lowest BCUT2D eigenvalue weighted by Crippen LogP contribution is -2.18. The van der Waals surface area contributed by atoms with Crippen molar-refractivity contribution in [2.45, 2.75) is 45.1 Å². The summed E-state index contributed by atoms with van der Waals surface area (Å²) in [6.07, 6.45) is 8.68. The van der Waals surface area contributed by atoms with Crippen LogP contribution in [0.15, 0.2) is 30.6 Å². The fraction of sp³-hybridized carbons (Fsp3) is 0.444. The number of hydrogen-bond acceptors (Lipinski definition) is 3. The van der Waals surface area contributed by atoms with Crippen LogP contribution in [0, 0.1) is 5.92 Å². The second-order valence-corrected chi connectivity index (χ2v) is 6.50. The molecule has 2 aromatic heterocycles. The summed E-state index contributed by atoms with van der Waals surface area (Å²) < 4.78 is 2.33. The quantitative estimate of drug-likeness (QED) is 0.739. The highest BCUT2D eigenvalue weighted by Gasteiger charge is 2.24. The minimum Gasteiger partial charge on any atom is -0.382 e. The molecule has 1 fully saturated rings. The number of nitrogen functional groups attached to an aromatic ring is 1. The molecule has 0 spiro atoms. The fourth-order valence-corrected chi connectivity index (χ4v) is 3.92. The molecule has 4 rings (SSSR count). The van der Waals surface area contributed by atoms with Crippen LogP contribution in [0.1, 0.15) is 45.1 Å². The van der Waals surface area contributed by atoms with Crippen LogP contribution in [0.4, 0.5) is 5.82 Å². The number of rotatable bonds is 2. The van der Waals surface area contributed by atoms with Gasteiger partial charge in [0.2, 0.25) is 0 Å². The number of benzene rings is 1. The number of nitrogens with two attached hydrogens (primary N) is 1. The van der Waals surface area contributed by atoms with Crippen molar-refractivity contribution < 1.29 is 0 Å². The molecule has 4 nitrogen and oxygen atoms in total. The molecule has 0 amide bonds. The van der Waals surface area contributed by atoms with Gasteiger partial charge in [0.05, 0.1) is 17.4 Å². The molecule has 5 heteroatoms. The van der Waals surface area contributed by atoms with Crippen LogP contribution in [-0.2, 0) is 0 Å². The van der Waals surface area contributed by atoms with Gasteiger partial charge in [0.15, 0.2) is 5.82 Å². The number of hydrogen-bond donors (Lipinski definition) is 1. The van der Waals surface area contributed by atoms with Crippen LogP contribution < -0.4 is 5.73 Å². The zero-order valence-electron chi connectivity index (χ0n) is 13.4. The van der Waals surface area contributed by atoms with Crippen LogP contribution >= 0.6 is 12.4 Å². The first-order valence-corrected chi connectivity index (χ1v) is 8.26. The van der Waals surface area contributed by atoms with Gasteiger partial charge < -0.3 is 10.3 Å². The van der Waals surface area contributed by atoms with Gasteiger partial charge in [0.25, 0.3) is 0 Å². The number of imidazole rings is 1. The summed E-state index contributed by atoms with van der Waals surface area (Å²) >= 11 is 0. The minimum absolute atomic E-state index is 0. The lowest BCUT2D eigenvalue weighted by Gasteiger charge is -2.29. The first-order chi connectivity index (χ1) is 10.8. The Kier molecular flexibility index (Phi) is 4.44. The molecule has 1 aliphatic rings. The van der Waals surface area contributed by atoms with Crippen molar-refractivity contribution in [3.63, 3.8) is 0 Å². The summed E-state index contributed by atoms with van der Waals surface area (Å²) in [6, 6.07) is 8.66. The van der Waals surface area contributed by atoms with Gasteiger partial charge in [-0.05, 0) is 31.7 Å². The third-order valence-electron chi connectivity index (χ3n) is 5.21. The van der Waals surface area contributed by atoms with Gasteiger partial charge in [0.1, 0.15) is 5.52 Å². The first kappa shape index (κ1) is 16.1. The highest BCUT2D eigenvalue weighted by Crippen LogP contribution is 2.36. The number of pyridine rings is 1. The van der Waals surface area contributed by atoms with E-state index in [4.69, 9.17) is 5.73 Å². The Balaban J connectivity index is 0.00000156. The Morgan fingerprint density at radius 1 is 1.17 bits per heavy atom. The van der Waals surface area contributed by atoms with Crippen molar-refractivity contribution in [1.29, 1.82) is 0 Å². The number of fused-ring (bicyclic) bond motifs is 3. The minimum atomic E-state index is 0. The predicted octanol–water partition coefficient (Wildman–Crippen LogP) is 4.73. The lowest BCUT2D eigenvalue weighted by molar-refractivity contribution is 0.268. The number of aromatic nitrogens is 3. The van der Waals surface area contributed by atoms with E-state index in [1.165, 1.54) is 32.1 Å². The van der Waals surface area contributed by atoms with Gasteiger partial charge in [-0.3, -0.25) is 0 Å². The van der Waals surface area contributed by atoms with E-state index < -0.39 is 0 Å². The summed E-state index contributed by atoms with van der Waals surface area (Å²) in [4.78, 5) is 9.05. The molecule has 23 heavy (non-hydrogen) atoms. The molecular formula is C18H23ClN4. The van der Waals surface area contributed by atoms with Gasteiger partial charge in [-0.1, -0.05) is 37.5 Å². The van der Waals surface area contributed by atoms with Crippen molar-refractivity contribution in [1.82, 2.24) is 14.5 Å². The summed E-state index contributed by atoms with van der Waals surface area (Å²) in [5.41, 5.74) is 9.05. The molecule has 1 aliphatic carbocycles. The van der Waals surface area contributed by atoms with E-state index in [-0.39, 0.29) is 12.4 Å². The van der Waals surface area contributed by atoms with E-state index in [2.05, 4.69) is 33.6 Å². The Labute approximate surface area is 142 Å². The van der Waals surface area contributed by atoms with Crippen molar-refractivity contribution in [3.05, 3.63) is 30.6 Å². The SMILES string of the molecule is CC(C1CCCCC1)n1cnc2c(N)nc3ccccc3c21.Cl. The normalized spacial score (nSPS) is 17.3. The van der Waals surface area contributed by atoms with Crippen molar-refractivity contribution in [2.75, 3.05) is 5.73 Å². The maximum absolute atomic E-state index is 6.13. The Bertz CT molecular complexity index is 820. The lowest BCUT2D eigenvalue weighted by atomic mass is 9.84. The zero-order chi connectivity index (χ0) is 15.1. The molecule has 2 heterocycles. The maximum Gasteiger partial charge on any atom is 0.152 e. The van der Waals surface area contributed by atoms with Gasteiger partial charge in [0, 0.05) is 11.4 Å². The molecule has 1 atom stereocenters. The monoisotopic (exact) mass is 330 g/mol. The standard InChI is InChI=1S/C18H22N4.ClH/c1-12(13-7-3-2-4-8-13)22-11-20-16-17(22)14-9-5-6-10-15(14)21-18(16)19;/h5-6,9-13H,2-4,7-8H2,1H3,(H2,19,21);1H. The number of nitrogens with zero attached hydrogens (tertiary/aromatic N) is 3. The first-order valence-electron chi connectivity index (χ1n) is 8.26. The molecule has 0 aliphatic heterocycles. The topological polar surface area (TPSA) is 56.7 Å². The largest absolute Gasteiger partial charge is 0.382 e. The Hall–Kier alpha value is -1.81. The number of halogens is 1. The van der Waals surface area contributed by atoms with Gasteiger partial charge in [-0.25, -0.2) is 9.97 Å². The molecule has 0 saturated heterocycles. The molecule has 122 valence electrons. The highest BCUT2D eigenvalue weighted by atomic mass is 35.5. The molecule has 2 N–H and O–H groups in total. The van der Waals surface area contributed by atoms with Gasteiger partial charge in [-0.15, -0.1) is 12.4 Å². The average molecular weight is 331 g/mol. The fourth-order valence-electron chi connectivity index (χ4n) is 3.92. The van der Waals surface area contributed by atoms with Gasteiger partial charge >= 0.3 is 0 Å². The van der Waals surface area contributed by atoms with E-state index in [9.17, 15) is 0 Å². The summed E-state index contributed by atoms with van der Waals surface area (Å²) in [5.74, 6) is 1.27. The Morgan fingerprint density at radius 2 is 1.91 bits per heavy atom. The van der Waals surface area contributed by atoms with E-state index in [1.807, 2.05) is 18.5 Å². The third kappa shape index (κ3) is 2.65. The number of para-hydroxylation sites is 1. The number of anilines is 1. The van der Waals surface area contributed by atoms with E-state index in [0.717, 1.165) is 27.9 Å². The van der Waals surface area contributed by atoms with Crippen LogP contribution in [0.2, 0.25) is 0 Å². The van der Waals surface area contributed by atoms with Crippen molar-refractivity contribution >= 4 is 40.2 Å². The summed E-state index contributed by atoms with van der Waals surface area (Å²) in [6.45, 7) is 2.32. The highest BCUT2D eigenvalue weighted by molar-refractivity contribution is 6.06. The molecule has 0 radical (unpaired) electrons. The molecule has 3 aromatic rings. The third-order valence-corrected chi connectivity index (χ3v) is 5.21. The van der Waals surface area contributed by atoms with E-state index in [1.54, 1.807) is 0 Å². The molecule has 1 aromatic carbocycles. The van der Waals surface area contributed by atoms with Crippen LogP contribution in [-0.4, -0.2) is 14.5 Å². The van der Waals surface area contributed by atoms with Crippen LogP contribution in [0.25, 0.3) is 21.9 Å². The molecular weight excluding hydrogens is 308 g/mol. The second kappa shape index (κ2) is 6.36. The molecule has 1 saturated carbocycles. The maximum atomic E-state index is 6.13. The van der Waals surface area contributed by atoms with Crippen molar-refractivity contribution in [3.8, 4) is 0 Å². The van der Waals surface area contributed by atoms with Crippen molar-refractivity contribution in [2.24, 2.45) is 5.92 Å². The second-order valence-electron chi connectivity index (χ2n) is 6.50. The van der Waals surface area contributed by atoms with Crippen LogP contribution in [0.3, 0.4) is 0 Å². The molecule has 0 bridgehead atoms. The summed E-state index contributed by atoms with van der Waals surface area (Å²) in [5, 5.41) is 1.15. The van der Waals surface area contributed by atoms with Gasteiger partial charge in [-0.2, -0.15) is 0 Å². The van der Waals surface area contributed by atoms with E-state index >= 15 is 0 Å². The Morgan fingerprint density at radius 3 is 2.70 bits per heavy atom. The smallest absolute Gasteiger partial charge is 0.152 e. The zero-order valence-corrected chi connectivity index (χ0v) is 14.2. The molecule has 1 unspecified atom stereocenters. The summed E-state index contributed by atoms with van der Waals surface area (Å²) in [7, 11) is 0. The van der Waals surface area contributed by atoms with E-state index in [0.29, 0.717) is 11.9 Å². The predicted molar refractivity (Wildman–Crippen MR) is 98.0 cm³/mol. The average Bonchev–Trinajstić information content (AvgIpc) is 3.01.